The van der Waals surface area contributed by atoms with Crippen LogP contribution < -0.4 is 5.32 Å². The van der Waals surface area contributed by atoms with E-state index in [1.807, 2.05) is 54.6 Å². The zero-order chi connectivity index (χ0) is 16.1. The maximum absolute atomic E-state index is 12.3. The van der Waals surface area contributed by atoms with Crippen molar-refractivity contribution in [2.75, 3.05) is 11.9 Å². The molecule has 23 heavy (non-hydrogen) atoms. The zero-order valence-corrected chi connectivity index (χ0v) is 13.3. The van der Waals surface area contributed by atoms with Crippen LogP contribution in [0.25, 0.3) is 11.1 Å². The third kappa shape index (κ3) is 3.99. The first-order chi connectivity index (χ1) is 11.2. The Kier molecular flexibility index (Phi) is 4.74. The molecule has 3 heteroatoms. The first-order valence-electron chi connectivity index (χ1n) is 7.40. The normalized spacial score (nSPS) is 10.3. The van der Waals surface area contributed by atoms with Crippen LogP contribution in [0.5, 0.6) is 0 Å². The minimum atomic E-state index is 0.0459. The Balaban J connectivity index is 1.66. The molecule has 0 radical (unpaired) electrons. The predicted octanol–water partition coefficient (Wildman–Crippen LogP) is 5.30. The number of Topliss-reactive ketones (excluding diaryl/α,β-unsaturated/α-hetero) is 1. The fraction of sp³-hybridized carbons (Fsp3) is 0.0500. The molecular formula is C20H16ClNO. The van der Waals surface area contributed by atoms with Crippen molar-refractivity contribution in [3.05, 3.63) is 89.4 Å². The van der Waals surface area contributed by atoms with Gasteiger partial charge in [-0.3, -0.25) is 4.79 Å². The van der Waals surface area contributed by atoms with Gasteiger partial charge in [-0.25, -0.2) is 0 Å². The van der Waals surface area contributed by atoms with Crippen molar-refractivity contribution in [1.29, 1.82) is 0 Å². The van der Waals surface area contributed by atoms with E-state index in [1.165, 1.54) is 0 Å². The largest absolute Gasteiger partial charge is 0.378 e. The van der Waals surface area contributed by atoms with Gasteiger partial charge in [0.2, 0.25) is 0 Å². The molecule has 0 aliphatic carbocycles. The molecule has 0 amide bonds. The van der Waals surface area contributed by atoms with Gasteiger partial charge in [0.05, 0.1) is 6.54 Å². The summed E-state index contributed by atoms with van der Waals surface area (Å²) in [6.45, 7) is 0.241. The second-order valence-electron chi connectivity index (χ2n) is 5.23. The van der Waals surface area contributed by atoms with E-state index in [0.717, 1.165) is 16.8 Å². The molecule has 0 aromatic heterocycles. The molecule has 0 aliphatic rings. The summed E-state index contributed by atoms with van der Waals surface area (Å²) < 4.78 is 0. The average molecular weight is 322 g/mol. The van der Waals surface area contributed by atoms with Gasteiger partial charge in [-0.2, -0.15) is 0 Å². The number of benzene rings is 3. The molecule has 0 bridgehead atoms. The number of anilines is 1. The molecule has 0 spiro atoms. The number of rotatable bonds is 5. The molecule has 0 unspecified atom stereocenters. The van der Waals surface area contributed by atoms with Gasteiger partial charge >= 0.3 is 0 Å². The van der Waals surface area contributed by atoms with Gasteiger partial charge < -0.3 is 5.32 Å². The van der Waals surface area contributed by atoms with Gasteiger partial charge in [-0.05, 0) is 29.3 Å². The van der Waals surface area contributed by atoms with Crippen molar-refractivity contribution in [1.82, 2.24) is 0 Å². The van der Waals surface area contributed by atoms with Crippen molar-refractivity contribution in [3.8, 4) is 11.1 Å². The minimum absolute atomic E-state index is 0.0459. The topological polar surface area (TPSA) is 29.1 Å². The number of ketones is 1. The highest BCUT2D eigenvalue weighted by Crippen LogP contribution is 2.20. The number of halogens is 1. The molecule has 1 N–H and O–H groups in total. The van der Waals surface area contributed by atoms with Crippen LogP contribution in [-0.2, 0) is 0 Å². The SMILES string of the molecule is O=C(CNc1cccc(Cl)c1)c1ccc(-c2ccccc2)cc1. The third-order valence-electron chi connectivity index (χ3n) is 3.59. The maximum Gasteiger partial charge on any atom is 0.181 e. The Morgan fingerprint density at radius 1 is 0.826 bits per heavy atom. The van der Waals surface area contributed by atoms with Crippen LogP contribution in [0.2, 0.25) is 5.02 Å². The number of hydrogen-bond donors (Lipinski definition) is 1. The van der Waals surface area contributed by atoms with E-state index in [0.29, 0.717) is 10.6 Å². The summed E-state index contributed by atoms with van der Waals surface area (Å²) in [7, 11) is 0. The van der Waals surface area contributed by atoms with Crippen molar-refractivity contribution >= 4 is 23.1 Å². The molecule has 0 aliphatic heterocycles. The smallest absolute Gasteiger partial charge is 0.181 e. The lowest BCUT2D eigenvalue weighted by Crippen LogP contribution is -2.13. The van der Waals surface area contributed by atoms with Crippen molar-refractivity contribution in [2.24, 2.45) is 0 Å². The van der Waals surface area contributed by atoms with E-state index in [1.54, 1.807) is 12.1 Å². The van der Waals surface area contributed by atoms with Crippen LogP contribution in [0.15, 0.2) is 78.9 Å². The molecule has 114 valence electrons. The van der Waals surface area contributed by atoms with E-state index in [-0.39, 0.29) is 12.3 Å². The molecule has 0 saturated heterocycles. The monoisotopic (exact) mass is 321 g/mol. The van der Waals surface area contributed by atoms with E-state index < -0.39 is 0 Å². The van der Waals surface area contributed by atoms with Gasteiger partial charge in [0, 0.05) is 16.3 Å². The van der Waals surface area contributed by atoms with Gasteiger partial charge in [-0.1, -0.05) is 72.3 Å². The molecule has 3 aromatic rings. The summed E-state index contributed by atoms with van der Waals surface area (Å²) in [5, 5.41) is 3.74. The van der Waals surface area contributed by atoms with Crippen LogP contribution in [0.1, 0.15) is 10.4 Å². The van der Waals surface area contributed by atoms with Gasteiger partial charge in [0.1, 0.15) is 0 Å². The average Bonchev–Trinajstić information content (AvgIpc) is 2.61. The summed E-state index contributed by atoms with van der Waals surface area (Å²) in [5.74, 6) is 0.0459. The molecule has 0 saturated carbocycles. The van der Waals surface area contributed by atoms with Crippen LogP contribution in [0.4, 0.5) is 5.69 Å². The molecule has 0 fully saturated rings. The molecule has 2 nitrogen and oxygen atoms in total. The molecule has 3 aromatic carbocycles. The van der Waals surface area contributed by atoms with Gasteiger partial charge in [-0.15, -0.1) is 0 Å². The van der Waals surface area contributed by atoms with E-state index in [9.17, 15) is 4.79 Å². The van der Waals surface area contributed by atoms with E-state index in [2.05, 4.69) is 17.4 Å². The predicted molar refractivity (Wildman–Crippen MR) is 96.2 cm³/mol. The quantitative estimate of drug-likeness (QED) is 0.646. The highest BCUT2D eigenvalue weighted by atomic mass is 35.5. The van der Waals surface area contributed by atoms with Gasteiger partial charge in [0.15, 0.2) is 5.78 Å². The van der Waals surface area contributed by atoms with Crippen LogP contribution in [0.3, 0.4) is 0 Å². The summed E-state index contributed by atoms with van der Waals surface area (Å²) in [5.41, 5.74) is 3.78. The number of nitrogens with one attached hydrogen (secondary N) is 1. The Morgan fingerprint density at radius 2 is 1.52 bits per heavy atom. The summed E-state index contributed by atoms with van der Waals surface area (Å²) in [6.07, 6.45) is 0. The van der Waals surface area contributed by atoms with Crippen molar-refractivity contribution < 1.29 is 4.79 Å². The highest BCUT2D eigenvalue weighted by molar-refractivity contribution is 6.30. The van der Waals surface area contributed by atoms with Crippen LogP contribution in [-0.4, -0.2) is 12.3 Å². The lowest BCUT2D eigenvalue weighted by molar-refractivity contribution is 0.101. The standard InChI is InChI=1S/C20H16ClNO/c21-18-7-4-8-19(13-18)22-14-20(23)17-11-9-16(10-12-17)15-5-2-1-3-6-15/h1-13,22H,14H2. The summed E-state index contributed by atoms with van der Waals surface area (Å²) >= 11 is 5.93. The maximum atomic E-state index is 12.3. The van der Waals surface area contributed by atoms with Crippen molar-refractivity contribution in [2.45, 2.75) is 0 Å². The second-order valence-corrected chi connectivity index (χ2v) is 5.67. The number of carbonyl (C=O) groups is 1. The summed E-state index contributed by atoms with van der Waals surface area (Å²) in [6, 6.07) is 25.1. The first kappa shape index (κ1) is 15.3. The Hall–Kier alpha value is -2.58. The minimum Gasteiger partial charge on any atom is -0.378 e. The Labute approximate surface area is 140 Å². The fourth-order valence-corrected chi connectivity index (χ4v) is 2.55. The Bertz CT molecular complexity index is 797. The zero-order valence-electron chi connectivity index (χ0n) is 12.5. The second kappa shape index (κ2) is 7.12. The van der Waals surface area contributed by atoms with Crippen molar-refractivity contribution in [3.63, 3.8) is 0 Å². The number of hydrogen-bond acceptors (Lipinski definition) is 2. The third-order valence-corrected chi connectivity index (χ3v) is 3.83. The molecule has 0 atom stereocenters. The van der Waals surface area contributed by atoms with Gasteiger partial charge in [0.25, 0.3) is 0 Å². The number of carbonyl (C=O) groups excluding carboxylic acids is 1. The highest BCUT2D eigenvalue weighted by Gasteiger charge is 2.06. The van der Waals surface area contributed by atoms with Crippen LogP contribution in [0, 0.1) is 0 Å². The first-order valence-corrected chi connectivity index (χ1v) is 7.78. The lowest BCUT2D eigenvalue weighted by Gasteiger charge is -2.07. The fourth-order valence-electron chi connectivity index (χ4n) is 2.36. The van der Waals surface area contributed by atoms with Crippen LogP contribution >= 0.6 is 11.6 Å². The lowest BCUT2D eigenvalue weighted by atomic mass is 10.0. The molecule has 0 heterocycles. The summed E-state index contributed by atoms with van der Waals surface area (Å²) in [4.78, 5) is 12.3. The van der Waals surface area contributed by atoms with E-state index >= 15 is 0 Å². The van der Waals surface area contributed by atoms with E-state index in [4.69, 9.17) is 11.6 Å². The molecule has 3 rings (SSSR count). The molecular weight excluding hydrogens is 306 g/mol. The Morgan fingerprint density at radius 3 is 2.22 bits per heavy atom.